The number of carbonyl (C=O) groups excluding carboxylic acids is 2. The molecule has 0 atom stereocenters. The molecule has 1 aliphatic rings. The van der Waals surface area contributed by atoms with Gasteiger partial charge in [-0.25, -0.2) is 0 Å². The summed E-state index contributed by atoms with van der Waals surface area (Å²) < 4.78 is 0. The van der Waals surface area contributed by atoms with E-state index in [0.29, 0.717) is 24.2 Å². The molecule has 0 fully saturated rings. The summed E-state index contributed by atoms with van der Waals surface area (Å²) in [5.41, 5.74) is 4.07. The first-order chi connectivity index (χ1) is 14.2. The van der Waals surface area contributed by atoms with Gasteiger partial charge in [0, 0.05) is 35.6 Å². The first-order valence-electron chi connectivity index (χ1n) is 10.1. The molecule has 1 aliphatic heterocycles. The van der Waals surface area contributed by atoms with Gasteiger partial charge in [-0.1, -0.05) is 42.5 Å². The van der Waals surface area contributed by atoms with E-state index in [1.165, 1.54) is 5.56 Å². The van der Waals surface area contributed by atoms with Crippen molar-refractivity contribution in [3.63, 3.8) is 0 Å². The molecule has 0 aromatic heterocycles. The van der Waals surface area contributed by atoms with Gasteiger partial charge in [-0.3, -0.25) is 9.59 Å². The zero-order valence-corrected chi connectivity index (χ0v) is 16.5. The number of benzene rings is 3. The minimum Gasteiger partial charge on any atom is -0.309 e. The monoisotopic (exact) mass is 384 g/mol. The third kappa shape index (κ3) is 3.79. The van der Waals surface area contributed by atoms with Crippen molar-refractivity contribution in [2.75, 3.05) is 22.9 Å². The average molecular weight is 384 g/mol. The van der Waals surface area contributed by atoms with Crippen LogP contribution >= 0.6 is 0 Å². The van der Waals surface area contributed by atoms with Gasteiger partial charge >= 0.3 is 0 Å². The van der Waals surface area contributed by atoms with E-state index in [0.717, 1.165) is 24.2 Å². The summed E-state index contributed by atoms with van der Waals surface area (Å²) in [7, 11) is 0. The van der Waals surface area contributed by atoms with E-state index < -0.39 is 0 Å². The molecule has 0 bridgehead atoms. The van der Waals surface area contributed by atoms with Gasteiger partial charge in [0.2, 0.25) is 0 Å². The Morgan fingerprint density at radius 2 is 1.62 bits per heavy atom. The first-order valence-corrected chi connectivity index (χ1v) is 10.1. The minimum atomic E-state index is -0.104. The maximum atomic E-state index is 13.2. The number of carbonyl (C=O) groups is 2. The molecule has 0 N–H and O–H groups in total. The molecule has 4 rings (SSSR count). The molecule has 0 saturated carbocycles. The van der Waals surface area contributed by atoms with Gasteiger partial charge in [-0.05, 0) is 61.7 Å². The van der Waals surface area contributed by atoms with E-state index in [1.54, 1.807) is 29.2 Å². The Bertz CT molecular complexity index is 1030. The van der Waals surface area contributed by atoms with Crippen LogP contribution < -0.4 is 9.80 Å². The molecule has 146 valence electrons. The van der Waals surface area contributed by atoms with Crippen molar-refractivity contribution in [1.29, 1.82) is 0 Å². The van der Waals surface area contributed by atoms with Crippen molar-refractivity contribution < 1.29 is 9.59 Å². The smallest absolute Gasteiger partial charge is 0.258 e. The first kappa shape index (κ1) is 18.9. The van der Waals surface area contributed by atoms with Crippen LogP contribution in [0.2, 0.25) is 0 Å². The highest BCUT2D eigenvalue weighted by Crippen LogP contribution is 2.28. The molecular weight excluding hydrogens is 360 g/mol. The summed E-state index contributed by atoms with van der Waals surface area (Å²) in [6.45, 7) is 3.20. The highest BCUT2D eigenvalue weighted by Gasteiger charge is 2.24. The van der Waals surface area contributed by atoms with Gasteiger partial charge < -0.3 is 9.80 Å². The molecule has 0 spiro atoms. The molecule has 0 radical (unpaired) electrons. The van der Waals surface area contributed by atoms with Crippen molar-refractivity contribution in [3.05, 3.63) is 95.6 Å². The molecule has 3 aromatic carbocycles. The van der Waals surface area contributed by atoms with Crippen molar-refractivity contribution in [2.24, 2.45) is 0 Å². The Balaban J connectivity index is 1.62. The van der Waals surface area contributed by atoms with Crippen LogP contribution in [0.4, 0.5) is 11.4 Å². The summed E-state index contributed by atoms with van der Waals surface area (Å²) in [5.74, 6) is -0.165. The van der Waals surface area contributed by atoms with Gasteiger partial charge in [0.25, 0.3) is 11.8 Å². The summed E-state index contributed by atoms with van der Waals surface area (Å²) >= 11 is 0. The Morgan fingerprint density at radius 1 is 0.897 bits per heavy atom. The van der Waals surface area contributed by atoms with E-state index in [4.69, 9.17) is 0 Å². The van der Waals surface area contributed by atoms with Crippen molar-refractivity contribution in [2.45, 2.75) is 19.8 Å². The van der Waals surface area contributed by atoms with Crippen LogP contribution in [0.15, 0.2) is 78.9 Å². The van der Waals surface area contributed by atoms with E-state index in [1.807, 2.05) is 60.4 Å². The lowest BCUT2D eigenvalue weighted by Crippen LogP contribution is -2.36. The topological polar surface area (TPSA) is 40.6 Å². The van der Waals surface area contributed by atoms with E-state index in [2.05, 4.69) is 6.07 Å². The average Bonchev–Trinajstić information content (AvgIpc) is 2.79. The molecule has 4 nitrogen and oxygen atoms in total. The Labute approximate surface area is 171 Å². The molecule has 4 heteroatoms. The SMILES string of the molecule is CCN(C(=O)c1cccc(C(=O)N2CCCc3ccccc32)c1)c1ccccc1. The maximum absolute atomic E-state index is 13.2. The number of anilines is 2. The van der Waals surface area contributed by atoms with Crippen LogP contribution in [-0.2, 0) is 6.42 Å². The van der Waals surface area contributed by atoms with E-state index in [9.17, 15) is 9.59 Å². The third-order valence-electron chi connectivity index (χ3n) is 5.34. The molecule has 0 unspecified atom stereocenters. The van der Waals surface area contributed by atoms with E-state index in [-0.39, 0.29) is 11.8 Å². The molecule has 29 heavy (non-hydrogen) atoms. The van der Waals surface area contributed by atoms with Crippen molar-refractivity contribution >= 4 is 23.2 Å². The maximum Gasteiger partial charge on any atom is 0.258 e. The third-order valence-corrected chi connectivity index (χ3v) is 5.34. The summed E-state index contributed by atoms with van der Waals surface area (Å²) in [5, 5.41) is 0. The number of nitrogens with zero attached hydrogens (tertiary/aromatic N) is 2. The fraction of sp³-hybridized carbons (Fsp3) is 0.200. The largest absolute Gasteiger partial charge is 0.309 e. The minimum absolute atomic E-state index is 0.0606. The highest BCUT2D eigenvalue weighted by atomic mass is 16.2. The molecule has 0 aliphatic carbocycles. The van der Waals surface area contributed by atoms with Crippen LogP contribution in [0, 0.1) is 0 Å². The lowest BCUT2D eigenvalue weighted by Gasteiger charge is -2.29. The number of aryl methyl sites for hydroxylation is 1. The fourth-order valence-electron chi connectivity index (χ4n) is 3.89. The number of hydrogen-bond acceptors (Lipinski definition) is 2. The second-order valence-corrected chi connectivity index (χ2v) is 7.15. The van der Waals surface area contributed by atoms with Gasteiger partial charge in [0.05, 0.1) is 0 Å². The molecule has 0 saturated heterocycles. The fourth-order valence-corrected chi connectivity index (χ4v) is 3.89. The Morgan fingerprint density at radius 3 is 2.41 bits per heavy atom. The predicted octanol–water partition coefficient (Wildman–Crippen LogP) is 4.95. The van der Waals surface area contributed by atoms with Crippen LogP contribution in [0.1, 0.15) is 39.6 Å². The normalized spacial score (nSPS) is 12.9. The molecule has 3 aromatic rings. The number of para-hydroxylation sites is 2. The predicted molar refractivity (Wildman–Crippen MR) is 117 cm³/mol. The second-order valence-electron chi connectivity index (χ2n) is 7.15. The van der Waals surface area contributed by atoms with Gasteiger partial charge in [0.1, 0.15) is 0 Å². The molecule has 1 heterocycles. The standard InChI is InChI=1S/C25H24N2O2/c1-2-26(22-14-4-3-5-15-22)24(28)20-11-8-12-21(18-20)25(29)27-17-9-13-19-10-6-7-16-23(19)27/h3-8,10-12,14-16,18H,2,9,13,17H2,1H3. The quantitative estimate of drug-likeness (QED) is 0.639. The molecular formula is C25H24N2O2. The van der Waals surface area contributed by atoms with Crippen LogP contribution in [0.25, 0.3) is 0 Å². The lowest BCUT2D eigenvalue weighted by atomic mass is 10.0. The van der Waals surface area contributed by atoms with Gasteiger partial charge in [-0.2, -0.15) is 0 Å². The number of hydrogen-bond donors (Lipinski definition) is 0. The van der Waals surface area contributed by atoms with Gasteiger partial charge in [0.15, 0.2) is 0 Å². The van der Waals surface area contributed by atoms with Crippen LogP contribution in [0.5, 0.6) is 0 Å². The van der Waals surface area contributed by atoms with Crippen molar-refractivity contribution in [3.8, 4) is 0 Å². The second kappa shape index (κ2) is 8.31. The molecule has 2 amide bonds. The van der Waals surface area contributed by atoms with Gasteiger partial charge in [-0.15, -0.1) is 0 Å². The number of amides is 2. The van der Waals surface area contributed by atoms with Crippen molar-refractivity contribution in [1.82, 2.24) is 0 Å². The van der Waals surface area contributed by atoms with Crippen LogP contribution in [0.3, 0.4) is 0 Å². The van der Waals surface area contributed by atoms with Crippen LogP contribution in [-0.4, -0.2) is 24.9 Å². The number of rotatable bonds is 4. The summed E-state index contributed by atoms with van der Waals surface area (Å²) in [4.78, 5) is 29.9. The Hall–Kier alpha value is -3.40. The van der Waals surface area contributed by atoms with E-state index >= 15 is 0 Å². The zero-order valence-electron chi connectivity index (χ0n) is 16.5. The summed E-state index contributed by atoms with van der Waals surface area (Å²) in [6.07, 6.45) is 1.93. The summed E-state index contributed by atoms with van der Waals surface area (Å²) in [6, 6.07) is 24.7. The number of fused-ring (bicyclic) bond motifs is 1. The lowest BCUT2D eigenvalue weighted by molar-refractivity contribution is 0.0985. The highest BCUT2D eigenvalue weighted by molar-refractivity contribution is 6.10. The Kier molecular flexibility index (Phi) is 5.43. The zero-order chi connectivity index (χ0) is 20.2.